The van der Waals surface area contributed by atoms with Crippen LogP contribution < -0.4 is 20.7 Å². The maximum Gasteiger partial charge on any atom is 0.159 e. The Bertz CT molecular complexity index is 666. The minimum Gasteiger partial charge on any atom is -0.494 e. The molecule has 1 fully saturated rings. The molecule has 6 nitrogen and oxygen atoms in total. The van der Waals surface area contributed by atoms with Crippen LogP contribution in [0.3, 0.4) is 0 Å². The predicted octanol–water partition coefficient (Wildman–Crippen LogP) is 3.44. The summed E-state index contributed by atoms with van der Waals surface area (Å²) in [7, 11) is 0. The van der Waals surface area contributed by atoms with E-state index in [1.807, 2.05) is 31.2 Å². The molecule has 2 heterocycles. The molecule has 0 amide bonds. The van der Waals surface area contributed by atoms with Crippen LogP contribution in [-0.2, 0) is 0 Å². The van der Waals surface area contributed by atoms with Crippen molar-refractivity contribution in [3.05, 3.63) is 30.6 Å². The van der Waals surface area contributed by atoms with Gasteiger partial charge < -0.3 is 20.7 Å². The van der Waals surface area contributed by atoms with Gasteiger partial charge in [-0.1, -0.05) is 6.92 Å². The molecule has 24 heavy (non-hydrogen) atoms. The minimum absolute atomic E-state index is 0.598. The molecular formula is C18H25N5O. The van der Waals surface area contributed by atoms with E-state index in [0.717, 1.165) is 36.3 Å². The van der Waals surface area contributed by atoms with E-state index in [1.54, 1.807) is 6.33 Å². The molecule has 0 radical (unpaired) electrons. The molecule has 1 aromatic heterocycles. The maximum atomic E-state index is 6.32. The number of rotatable bonds is 5. The lowest BCUT2D eigenvalue weighted by Crippen LogP contribution is -2.34. The Balaban J connectivity index is 1.75. The van der Waals surface area contributed by atoms with Crippen LogP contribution in [0.1, 0.15) is 26.7 Å². The highest BCUT2D eigenvalue weighted by molar-refractivity contribution is 5.78. The first-order chi connectivity index (χ1) is 11.7. The Labute approximate surface area is 143 Å². The number of nitrogen functional groups attached to an aromatic ring is 1. The SMILES string of the molecule is CCOc1ccc(Nc2ncnc(N3CCC(C)CC3)c2N)cc1. The summed E-state index contributed by atoms with van der Waals surface area (Å²) in [6, 6.07) is 7.76. The van der Waals surface area contributed by atoms with Crippen LogP contribution in [-0.4, -0.2) is 29.7 Å². The molecule has 2 aromatic rings. The number of nitrogens with one attached hydrogen (secondary N) is 1. The Morgan fingerprint density at radius 3 is 2.58 bits per heavy atom. The zero-order chi connectivity index (χ0) is 16.9. The smallest absolute Gasteiger partial charge is 0.159 e. The van der Waals surface area contributed by atoms with Gasteiger partial charge in [0.15, 0.2) is 11.6 Å². The van der Waals surface area contributed by atoms with Gasteiger partial charge >= 0.3 is 0 Å². The second-order valence-electron chi connectivity index (χ2n) is 6.21. The maximum absolute atomic E-state index is 6.32. The van der Waals surface area contributed by atoms with Gasteiger partial charge in [-0.05, 0) is 49.9 Å². The van der Waals surface area contributed by atoms with Gasteiger partial charge in [-0.3, -0.25) is 0 Å². The van der Waals surface area contributed by atoms with Crippen LogP contribution >= 0.6 is 0 Å². The lowest BCUT2D eigenvalue weighted by molar-refractivity contribution is 0.340. The summed E-state index contributed by atoms with van der Waals surface area (Å²) in [5.41, 5.74) is 7.84. The van der Waals surface area contributed by atoms with Crippen molar-refractivity contribution < 1.29 is 4.74 Å². The van der Waals surface area contributed by atoms with Gasteiger partial charge in [-0.2, -0.15) is 0 Å². The molecular weight excluding hydrogens is 302 g/mol. The van der Waals surface area contributed by atoms with Gasteiger partial charge in [-0.15, -0.1) is 0 Å². The minimum atomic E-state index is 0.598. The average Bonchev–Trinajstić information content (AvgIpc) is 2.60. The highest BCUT2D eigenvalue weighted by atomic mass is 16.5. The number of aromatic nitrogens is 2. The van der Waals surface area contributed by atoms with Gasteiger partial charge in [0.2, 0.25) is 0 Å². The molecule has 0 unspecified atom stereocenters. The zero-order valence-corrected chi connectivity index (χ0v) is 14.3. The lowest BCUT2D eigenvalue weighted by atomic mass is 9.99. The molecule has 128 valence electrons. The van der Waals surface area contributed by atoms with Crippen molar-refractivity contribution in [1.29, 1.82) is 0 Å². The third-order valence-electron chi connectivity index (χ3n) is 4.37. The summed E-state index contributed by atoms with van der Waals surface area (Å²) in [5, 5.41) is 3.27. The Morgan fingerprint density at radius 1 is 1.21 bits per heavy atom. The molecule has 1 saturated heterocycles. The van der Waals surface area contributed by atoms with Gasteiger partial charge in [0, 0.05) is 18.8 Å². The third kappa shape index (κ3) is 3.69. The first-order valence-corrected chi connectivity index (χ1v) is 8.52. The second-order valence-corrected chi connectivity index (χ2v) is 6.21. The highest BCUT2D eigenvalue weighted by Crippen LogP contribution is 2.31. The number of hydrogen-bond acceptors (Lipinski definition) is 6. The highest BCUT2D eigenvalue weighted by Gasteiger charge is 2.20. The Kier molecular flexibility index (Phi) is 5.03. The van der Waals surface area contributed by atoms with E-state index < -0.39 is 0 Å². The number of piperidine rings is 1. The standard InChI is InChI=1S/C18H25N5O/c1-3-24-15-6-4-14(5-7-15)22-17-16(19)18(21-12-20-17)23-10-8-13(2)9-11-23/h4-7,12-13H,3,8-11,19H2,1-2H3,(H,20,21,22). The lowest BCUT2D eigenvalue weighted by Gasteiger charge is -2.32. The quantitative estimate of drug-likeness (QED) is 0.876. The predicted molar refractivity (Wildman–Crippen MR) is 97.9 cm³/mol. The number of nitrogens with zero attached hydrogens (tertiary/aromatic N) is 3. The number of anilines is 4. The summed E-state index contributed by atoms with van der Waals surface area (Å²) in [6.07, 6.45) is 3.91. The summed E-state index contributed by atoms with van der Waals surface area (Å²) >= 11 is 0. The first kappa shape index (κ1) is 16.4. The average molecular weight is 327 g/mol. The van der Waals surface area contributed by atoms with Crippen LogP contribution in [0.15, 0.2) is 30.6 Å². The van der Waals surface area contributed by atoms with Crippen LogP contribution in [0.2, 0.25) is 0 Å². The van der Waals surface area contributed by atoms with Gasteiger partial charge in [0.05, 0.1) is 6.61 Å². The first-order valence-electron chi connectivity index (χ1n) is 8.52. The van der Waals surface area contributed by atoms with E-state index in [2.05, 4.69) is 27.1 Å². The van der Waals surface area contributed by atoms with Crippen molar-refractivity contribution in [2.45, 2.75) is 26.7 Å². The van der Waals surface area contributed by atoms with Crippen molar-refractivity contribution in [3.63, 3.8) is 0 Å². The van der Waals surface area contributed by atoms with Crippen LogP contribution in [0, 0.1) is 5.92 Å². The van der Waals surface area contributed by atoms with Crippen molar-refractivity contribution in [2.24, 2.45) is 5.92 Å². The largest absolute Gasteiger partial charge is 0.494 e. The summed E-state index contributed by atoms with van der Waals surface area (Å²) in [4.78, 5) is 10.9. The van der Waals surface area contributed by atoms with E-state index >= 15 is 0 Å². The van der Waals surface area contributed by atoms with Crippen molar-refractivity contribution in [2.75, 3.05) is 35.6 Å². The van der Waals surface area contributed by atoms with E-state index in [4.69, 9.17) is 10.5 Å². The monoisotopic (exact) mass is 327 g/mol. The molecule has 0 saturated carbocycles. The van der Waals surface area contributed by atoms with Crippen LogP contribution in [0.4, 0.5) is 23.0 Å². The van der Waals surface area contributed by atoms with E-state index in [0.29, 0.717) is 18.1 Å². The molecule has 0 aliphatic carbocycles. The number of ether oxygens (including phenoxy) is 1. The third-order valence-corrected chi connectivity index (χ3v) is 4.37. The summed E-state index contributed by atoms with van der Waals surface area (Å²) in [5.74, 6) is 3.08. The molecule has 1 aromatic carbocycles. The molecule has 0 bridgehead atoms. The van der Waals surface area contributed by atoms with Crippen molar-refractivity contribution >= 4 is 23.0 Å². The summed E-state index contributed by atoms with van der Waals surface area (Å²) < 4.78 is 5.46. The van der Waals surface area contributed by atoms with Gasteiger partial charge in [0.1, 0.15) is 17.8 Å². The van der Waals surface area contributed by atoms with Crippen LogP contribution in [0.5, 0.6) is 5.75 Å². The zero-order valence-electron chi connectivity index (χ0n) is 14.3. The molecule has 3 N–H and O–H groups in total. The molecule has 3 rings (SSSR count). The van der Waals surface area contributed by atoms with Crippen LogP contribution in [0.25, 0.3) is 0 Å². The van der Waals surface area contributed by atoms with E-state index in [-0.39, 0.29) is 0 Å². The molecule has 1 aliphatic rings. The fourth-order valence-corrected chi connectivity index (χ4v) is 2.90. The number of benzene rings is 1. The molecule has 6 heteroatoms. The van der Waals surface area contributed by atoms with Gasteiger partial charge in [0.25, 0.3) is 0 Å². The molecule has 0 spiro atoms. The fraction of sp³-hybridized carbons (Fsp3) is 0.444. The molecule has 1 aliphatic heterocycles. The van der Waals surface area contributed by atoms with E-state index in [1.165, 1.54) is 12.8 Å². The Hall–Kier alpha value is -2.50. The van der Waals surface area contributed by atoms with Crippen molar-refractivity contribution in [1.82, 2.24) is 9.97 Å². The van der Waals surface area contributed by atoms with Crippen molar-refractivity contribution in [3.8, 4) is 5.75 Å². The number of nitrogens with two attached hydrogens (primary N) is 1. The Morgan fingerprint density at radius 2 is 1.92 bits per heavy atom. The van der Waals surface area contributed by atoms with Gasteiger partial charge in [-0.25, -0.2) is 9.97 Å². The summed E-state index contributed by atoms with van der Waals surface area (Å²) in [6.45, 7) is 6.90. The normalized spacial score (nSPS) is 15.3. The second kappa shape index (κ2) is 7.38. The number of hydrogen-bond donors (Lipinski definition) is 2. The van der Waals surface area contributed by atoms with E-state index in [9.17, 15) is 0 Å². The molecule has 0 atom stereocenters. The fourth-order valence-electron chi connectivity index (χ4n) is 2.90. The topological polar surface area (TPSA) is 76.3 Å².